The molecule has 0 spiro atoms. The molecule has 0 aliphatic heterocycles. The van der Waals surface area contributed by atoms with E-state index in [1.54, 1.807) is 48.5 Å². The molecule has 0 radical (unpaired) electrons. The van der Waals surface area contributed by atoms with Crippen LogP contribution < -0.4 is 9.47 Å². The van der Waals surface area contributed by atoms with Crippen molar-refractivity contribution in [1.29, 1.82) is 0 Å². The van der Waals surface area contributed by atoms with Crippen LogP contribution in [0.2, 0.25) is 0 Å². The van der Waals surface area contributed by atoms with Crippen molar-refractivity contribution in [3.8, 4) is 11.5 Å². The van der Waals surface area contributed by atoms with Crippen molar-refractivity contribution < 1.29 is 28.8 Å². The third kappa shape index (κ3) is 6.95. The minimum absolute atomic E-state index is 0.260. The molecule has 0 saturated carbocycles. The molecular formula is C22H26O6. The van der Waals surface area contributed by atoms with Crippen molar-refractivity contribution in [3.05, 3.63) is 59.7 Å². The van der Waals surface area contributed by atoms with Gasteiger partial charge in [-0.05, 0) is 61.4 Å². The average Bonchev–Trinajstić information content (AvgIpc) is 2.73. The van der Waals surface area contributed by atoms with E-state index in [4.69, 9.17) is 9.47 Å². The highest BCUT2D eigenvalue weighted by Gasteiger charge is 2.14. The van der Waals surface area contributed by atoms with Crippen LogP contribution in [0.25, 0.3) is 0 Å². The zero-order valence-electron chi connectivity index (χ0n) is 16.3. The number of hydrogen-bond donors (Lipinski definition) is 0. The summed E-state index contributed by atoms with van der Waals surface area (Å²) in [5.41, 5.74) is 0.519. The van der Waals surface area contributed by atoms with Crippen LogP contribution in [0.3, 0.4) is 0 Å². The van der Waals surface area contributed by atoms with E-state index in [2.05, 4.69) is 23.6 Å². The van der Waals surface area contributed by atoms with Gasteiger partial charge in [-0.1, -0.05) is 26.7 Å². The number of ether oxygens (including phenoxy) is 2. The molecule has 0 amide bonds. The highest BCUT2D eigenvalue weighted by molar-refractivity contribution is 5.92. The van der Waals surface area contributed by atoms with Gasteiger partial charge in [0.15, 0.2) is 0 Å². The number of benzene rings is 2. The molecular weight excluding hydrogens is 360 g/mol. The molecule has 0 aromatic heterocycles. The molecule has 0 unspecified atom stereocenters. The van der Waals surface area contributed by atoms with E-state index in [0.29, 0.717) is 24.7 Å². The third-order valence-electron chi connectivity index (χ3n) is 3.91. The standard InChI is InChI=1S/C22H26O6/c1-3-5-15-25-19-11-7-17(8-12-19)21(23)27-28-22(24)18-9-13-20(14-10-18)26-16-6-4-2/h7-14H,3-6,15-16H2,1-2H3. The van der Waals surface area contributed by atoms with Crippen LogP contribution in [0.1, 0.15) is 60.2 Å². The smallest absolute Gasteiger partial charge is 0.386 e. The number of unbranched alkanes of at least 4 members (excludes halogenated alkanes) is 2. The first-order valence-corrected chi connectivity index (χ1v) is 9.53. The number of carbonyl (C=O) groups is 2. The van der Waals surface area contributed by atoms with Crippen molar-refractivity contribution in [2.75, 3.05) is 13.2 Å². The second kappa shape index (κ2) is 11.6. The molecule has 150 valence electrons. The molecule has 0 bridgehead atoms. The van der Waals surface area contributed by atoms with Gasteiger partial charge in [0.05, 0.1) is 24.3 Å². The quantitative estimate of drug-likeness (QED) is 0.326. The van der Waals surface area contributed by atoms with E-state index in [1.165, 1.54) is 0 Å². The predicted octanol–water partition coefficient (Wildman–Crippen LogP) is 4.97. The monoisotopic (exact) mass is 386 g/mol. The summed E-state index contributed by atoms with van der Waals surface area (Å²) in [6, 6.07) is 12.9. The Morgan fingerprint density at radius 3 is 1.32 bits per heavy atom. The first-order valence-electron chi connectivity index (χ1n) is 9.53. The highest BCUT2D eigenvalue weighted by atomic mass is 17.2. The number of hydrogen-bond acceptors (Lipinski definition) is 6. The summed E-state index contributed by atoms with van der Waals surface area (Å²) in [4.78, 5) is 33.2. The van der Waals surface area contributed by atoms with Gasteiger partial charge < -0.3 is 9.47 Å². The first-order chi connectivity index (χ1) is 13.6. The lowest BCUT2D eigenvalue weighted by molar-refractivity contribution is -0.187. The topological polar surface area (TPSA) is 71.1 Å². The normalized spacial score (nSPS) is 10.2. The Hall–Kier alpha value is -3.02. The third-order valence-corrected chi connectivity index (χ3v) is 3.91. The summed E-state index contributed by atoms with van der Waals surface area (Å²) in [6.07, 6.45) is 4.02. The van der Waals surface area contributed by atoms with Crippen LogP contribution in [0.15, 0.2) is 48.5 Å². The molecule has 0 fully saturated rings. The SMILES string of the molecule is CCCCOc1ccc(C(=O)OOC(=O)c2ccc(OCCCC)cc2)cc1. The van der Waals surface area contributed by atoms with Gasteiger partial charge in [-0.3, -0.25) is 0 Å². The Morgan fingerprint density at radius 1 is 0.643 bits per heavy atom. The van der Waals surface area contributed by atoms with Gasteiger partial charge in [0.1, 0.15) is 11.5 Å². The van der Waals surface area contributed by atoms with Gasteiger partial charge in [-0.25, -0.2) is 19.4 Å². The van der Waals surface area contributed by atoms with Crippen molar-refractivity contribution in [1.82, 2.24) is 0 Å². The van der Waals surface area contributed by atoms with Crippen molar-refractivity contribution in [2.45, 2.75) is 39.5 Å². The Bertz CT molecular complexity index is 671. The molecule has 6 heteroatoms. The van der Waals surface area contributed by atoms with E-state index in [-0.39, 0.29) is 11.1 Å². The molecule has 0 atom stereocenters. The zero-order chi connectivity index (χ0) is 20.2. The van der Waals surface area contributed by atoms with Crippen LogP contribution >= 0.6 is 0 Å². The van der Waals surface area contributed by atoms with Crippen LogP contribution in [0.4, 0.5) is 0 Å². The minimum atomic E-state index is -0.757. The summed E-state index contributed by atoms with van der Waals surface area (Å²) in [6.45, 7) is 5.42. The molecule has 0 N–H and O–H groups in total. The molecule has 2 aromatic rings. The lowest BCUT2D eigenvalue weighted by atomic mass is 10.2. The lowest BCUT2D eigenvalue weighted by Gasteiger charge is -2.07. The molecule has 2 aromatic carbocycles. The Morgan fingerprint density at radius 2 is 1.00 bits per heavy atom. The average molecular weight is 386 g/mol. The largest absolute Gasteiger partial charge is 0.494 e. The number of carbonyl (C=O) groups excluding carboxylic acids is 2. The lowest BCUT2D eigenvalue weighted by Crippen LogP contribution is -2.12. The van der Waals surface area contributed by atoms with E-state index in [1.807, 2.05) is 0 Å². The van der Waals surface area contributed by atoms with Gasteiger partial charge in [0, 0.05) is 0 Å². The number of rotatable bonds is 10. The summed E-state index contributed by atoms with van der Waals surface area (Å²) < 4.78 is 11.1. The van der Waals surface area contributed by atoms with Gasteiger partial charge in [-0.15, -0.1) is 0 Å². The molecule has 0 aliphatic carbocycles. The van der Waals surface area contributed by atoms with Crippen LogP contribution in [-0.4, -0.2) is 25.2 Å². The molecule has 0 aliphatic rings. The molecule has 28 heavy (non-hydrogen) atoms. The van der Waals surface area contributed by atoms with Crippen molar-refractivity contribution >= 4 is 11.9 Å². The van der Waals surface area contributed by atoms with Crippen LogP contribution in [-0.2, 0) is 9.78 Å². The summed E-state index contributed by atoms with van der Waals surface area (Å²) in [7, 11) is 0. The van der Waals surface area contributed by atoms with Gasteiger partial charge in [-0.2, -0.15) is 0 Å². The van der Waals surface area contributed by atoms with E-state index in [9.17, 15) is 9.59 Å². The fraction of sp³-hybridized carbons (Fsp3) is 0.364. The van der Waals surface area contributed by atoms with E-state index < -0.39 is 11.9 Å². The zero-order valence-corrected chi connectivity index (χ0v) is 16.3. The molecule has 0 saturated heterocycles. The van der Waals surface area contributed by atoms with Crippen molar-refractivity contribution in [2.24, 2.45) is 0 Å². The fourth-order valence-corrected chi connectivity index (χ4v) is 2.22. The van der Waals surface area contributed by atoms with Gasteiger partial charge in [0.2, 0.25) is 0 Å². The van der Waals surface area contributed by atoms with Crippen molar-refractivity contribution in [3.63, 3.8) is 0 Å². The summed E-state index contributed by atoms with van der Waals surface area (Å²) in [5, 5.41) is 0. The summed E-state index contributed by atoms with van der Waals surface area (Å²) in [5.74, 6) is -0.174. The predicted molar refractivity (Wildman–Crippen MR) is 105 cm³/mol. The maximum Gasteiger partial charge on any atom is 0.386 e. The maximum atomic E-state index is 12.0. The van der Waals surface area contributed by atoms with Crippen LogP contribution in [0.5, 0.6) is 11.5 Å². The Labute approximate surface area is 165 Å². The second-order valence-electron chi connectivity index (χ2n) is 6.19. The molecule has 0 heterocycles. The maximum absolute atomic E-state index is 12.0. The first kappa shape index (κ1) is 21.3. The molecule has 2 rings (SSSR count). The minimum Gasteiger partial charge on any atom is -0.494 e. The Balaban J connectivity index is 1.80. The molecule has 6 nitrogen and oxygen atoms in total. The highest BCUT2D eigenvalue weighted by Crippen LogP contribution is 2.15. The van der Waals surface area contributed by atoms with E-state index in [0.717, 1.165) is 25.7 Å². The second-order valence-corrected chi connectivity index (χ2v) is 6.19. The van der Waals surface area contributed by atoms with Crippen LogP contribution in [0, 0.1) is 0 Å². The van der Waals surface area contributed by atoms with Gasteiger partial charge >= 0.3 is 11.9 Å². The fourth-order valence-electron chi connectivity index (χ4n) is 2.22. The summed E-state index contributed by atoms with van der Waals surface area (Å²) >= 11 is 0. The van der Waals surface area contributed by atoms with E-state index >= 15 is 0 Å². The Kier molecular flexibility index (Phi) is 8.85. The van der Waals surface area contributed by atoms with Gasteiger partial charge in [0.25, 0.3) is 0 Å².